The van der Waals surface area contributed by atoms with Crippen molar-refractivity contribution in [1.29, 1.82) is 0 Å². The number of amidine groups is 1. The van der Waals surface area contributed by atoms with E-state index in [1.54, 1.807) is 13.8 Å². The van der Waals surface area contributed by atoms with E-state index in [1.807, 2.05) is 0 Å². The lowest BCUT2D eigenvalue weighted by molar-refractivity contribution is 0.0948. The average Bonchev–Trinajstić information content (AvgIpc) is 2.31. The molecule has 5 nitrogen and oxygen atoms in total. The van der Waals surface area contributed by atoms with Gasteiger partial charge in [0.1, 0.15) is 5.82 Å². The van der Waals surface area contributed by atoms with Crippen molar-refractivity contribution < 1.29 is 14.4 Å². The number of carbonyl (C=O) groups is 1. The van der Waals surface area contributed by atoms with Crippen LogP contribution in [0.15, 0.2) is 23.4 Å². The van der Waals surface area contributed by atoms with Gasteiger partial charge in [-0.15, -0.1) is 0 Å². The fourth-order valence-corrected chi connectivity index (χ4v) is 1.23. The minimum absolute atomic E-state index is 0.0998. The number of nitrogens with one attached hydrogen (secondary N) is 1. The summed E-state index contributed by atoms with van der Waals surface area (Å²) in [5.41, 5.74) is 6.03. The van der Waals surface area contributed by atoms with Gasteiger partial charge in [-0.1, -0.05) is 5.16 Å². The number of hydrogen-bond acceptors (Lipinski definition) is 3. The molecule has 0 fully saturated rings. The van der Waals surface area contributed by atoms with Gasteiger partial charge in [-0.25, -0.2) is 4.39 Å². The number of carbonyl (C=O) groups excluding carboxylic acids is 1. The fourth-order valence-electron chi connectivity index (χ4n) is 1.23. The van der Waals surface area contributed by atoms with Crippen molar-refractivity contribution in [2.75, 3.05) is 0 Å². The van der Waals surface area contributed by atoms with Gasteiger partial charge in [0.05, 0.1) is 6.04 Å². The van der Waals surface area contributed by atoms with E-state index in [0.717, 1.165) is 0 Å². The molecule has 1 aromatic carbocycles. The van der Waals surface area contributed by atoms with Crippen molar-refractivity contribution in [3.63, 3.8) is 0 Å². The SMILES string of the molecule is Cc1cc(C(=O)NC(C)C(N)=NO)ccc1F. The van der Waals surface area contributed by atoms with E-state index in [-0.39, 0.29) is 11.7 Å². The predicted octanol–water partition coefficient (Wildman–Crippen LogP) is 0.999. The van der Waals surface area contributed by atoms with Gasteiger partial charge in [-0.3, -0.25) is 4.79 Å². The minimum Gasteiger partial charge on any atom is -0.409 e. The first-order chi connectivity index (χ1) is 7.95. The number of oxime groups is 1. The molecule has 0 aliphatic rings. The Morgan fingerprint density at radius 1 is 1.59 bits per heavy atom. The van der Waals surface area contributed by atoms with E-state index in [2.05, 4.69) is 10.5 Å². The molecule has 1 amide bonds. The Balaban J connectivity index is 2.80. The number of nitrogens with two attached hydrogens (primary N) is 1. The molecule has 0 saturated heterocycles. The van der Waals surface area contributed by atoms with Crippen molar-refractivity contribution in [2.45, 2.75) is 19.9 Å². The van der Waals surface area contributed by atoms with Gasteiger partial charge in [-0.05, 0) is 37.6 Å². The average molecular weight is 239 g/mol. The molecule has 6 heteroatoms. The van der Waals surface area contributed by atoms with Gasteiger partial charge < -0.3 is 16.3 Å². The van der Waals surface area contributed by atoms with Crippen LogP contribution in [-0.4, -0.2) is 23.0 Å². The molecule has 17 heavy (non-hydrogen) atoms. The van der Waals surface area contributed by atoms with E-state index in [0.29, 0.717) is 11.1 Å². The Bertz CT molecular complexity index is 460. The molecule has 0 heterocycles. The first-order valence-corrected chi connectivity index (χ1v) is 5.00. The van der Waals surface area contributed by atoms with E-state index in [1.165, 1.54) is 18.2 Å². The molecule has 0 aliphatic carbocycles. The number of amides is 1. The van der Waals surface area contributed by atoms with Crippen LogP contribution in [0.2, 0.25) is 0 Å². The van der Waals surface area contributed by atoms with E-state index in [4.69, 9.17) is 10.9 Å². The maximum Gasteiger partial charge on any atom is 0.251 e. The highest BCUT2D eigenvalue weighted by Gasteiger charge is 2.13. The Hall–Kier alpha value is -2.11. The van der Waals surface area contributed by atoms with Gasteiger partial charge in [-0.2, -0.15) is 0 Å². The van der Waals surface area contributed by atoms with Crippen molar-refractivity contribution in [3.8, 4) is 0 Å². The summed E-state index contributed by atoms with van der Waals surface area (Å²) in [5, 5.41) is 13.7. The summed E-state index contributed by atoms with van der Waals surface area (Å²) in [5.74, 6) is -0.879. The maximum atomic E-state index is 13.0. The van der Waals surface area contributed by atoms with Crippen molar-refractivity contribution in [1.82, 2.24) is 5.32 Å². The zero-order valence-electron chi connectivity index (χ0n) is 9.57. The molecule has 4 N–H and O–H groups in total. The number of rotatable bonds is 3. The lowest BCUT2D eigenvalue weighted by Gasteiger charge is -2.12. The minimum atomic E-state index is -0.599. The highest BCUT2D eigenvalue weighted by Crippen LogP contribution is 2.09. The second-order valence-corrected chi connectivity index (χ2v) is 3.68. The van der Waals surface area contributed by atoms with Crippen LogP contribution in [0.25, 0.3) is 0 Å². The molecule has 92 valence electrons. The van der Waals surface area contributed by atoms with Crippen LogP contribution in [0.4, 0.5) is 4.39 Å². The highest BCUT2D eigenvalue weighted by atomic mass is 19.1. The Morgan fingerprint density at radius 2 is 2.24 bits per heavy atom. The first kappa shape index (κ1) is 13.0. The largest absolute Gasteiger partial charge is 0.409 e. The summed E-state index contributed by atoms with van der Waals surface area (Å²) in [4.78, 5) is 11.7. The Labute approximate surface area is 98.1 Å². The van der Waals surface area contributed by atoms with Crippen LogP contribution < -0.4 is 11.1 Å². The third-order valence-corrected chi connectivity index (χ3v) is 2.33. The molecule has 1 atom stereocenters. The van der Waals surface area contributed by atoms with E-state index < -0.39 is 11.9 Å². The lowest BCUT2D eigenvalue weighted by atomic mass is 10.1. The fraction of sp³-hybridized carbons (Fsp3) is 0.273. The number of halogens is 1. The number of nitrogens with zero attached hydrogens (tertiary/aromatic N) is 1. The summed E-state index contributed by atoms with van der Waals surface area (Å²) in [7, 11) is 0. The van der Waals surface area contributed by atoms with Crippen LogP contribution >= 0.6 is 0 Å². The Morgan fingerprint density at radius 3 is 2.76 bits per heavy atom. The van der Waals surface area contributed by atoms with Crippen LogP contribution in [0.1, 0.15) is 22.8 Å². The monoisotopic (exact) mass is 239 g/mol. The van der Waals surface area contributed by atoms with E-state index in [9.17, 15) is 9.18 Å². The summed E-state index contributed by atoms with van der Waals surface area (Å²) in [6, 6.07) is 3.43. The summed E-state index contributed by atoms with van der Waals surface area (Å²) in [6.07, 6.45) is 0. The molecule has 0 spiro atoms. The normalized spacial score (nSPS) is 13.2. The molecule has 1 rings (SSSR count). The molecule has 0 radical (unpaired) electrons. The highest BCUT2D eigenvalue weighted by molar-refractivity contribution is 5.98. The smallest absolute Gasteiger partial charge is 0.251 e. The van der Waals surface area contributed by atoms with Gasteiger partial charge in [0.25, 0.3) is 5.91 Å². The third kappa shape index (κ3) is 3.17. The molecule has 0 bridgehead atoms. The zero-order chi connectivity index (χ0) is 13.0. The standard InChI is InChI=1S/C11H14FN3O2/c1-6-5-8(3-4-9(6)12)11(16)14-7(2)10(13)15-17/h3-5,7,17H,1-2H3,(H2,13,15)(H,14,16). The Kier molecular flexibility index (Phi) is 4.03. The van der Waals surface area contributed by atoms with Crippen LogP contribution in [0, 0.1) is 12.7 Å². The maximum absolute atomic E-state index is 13.0. The van der Waals surface area contributed by atoms with Crippen LogP contribution in [0.5, 0.6) is 0 Å². The van der Waals surface area contributed by atoms with Crippen molar-refractivity contribution >= 4 is 11.7 Å². The number of aryl methyl sites for hydroxylation is 1. The predicted molar refractivity (Wildman–Crippen MR) is 61.5 cm³/mol. The van der Waals surface area contributed by atoms with Crippen molar-refractivity contribution in [3.05, 3.63) is 35.1 Å². The molecule has 0 aromatic heterocycles. The van der Waals surface area contributed by atoms with Gasteiger partial charge in [0.15, 0.2) is 5.84 Å². The molecule has 1 unspecified atom stereocenters. The third-order valence-electron chi connectivity index (χ3n) is 2.33. The second-order valence-electron chi connectivity index (χ2n) is 3.68. The van der Waals surface area contributed by atoms with E-state index >= 15 is 0 Å². The summed E-state index contributed by atoms with van der Waals surface area (Å²) < 4.78 is 13.0. The van der Waals surface area contributed by atoms with Gasteiger partial charge in [0.2, 0.25) is 0 Å². The molecule has 0 aliphatic heterocycles. The zero-order valence-corrected chi connectivity index (χ0v) is 9.57. The quantitative estimate of drug-likeness (QED) is 0.318. The lowest BCUT2D eigenvalue weighted by Crippen LogP contribution is -2.42. The van der Waals surface area contributed by atoms with Crippen LogP contribution in [-0.2, 0) is 0 Å². The van der Waals surface area contributed by atoms with Gasteiger partial charge in [0, 0.05) is 5.56 Å². The molecule has 0 saturated carbocycles. The number of hydrogen-bond donors (Lipinski definition) is 3. The van der Waals surface area contributed by atoms with Crippen molar-refractivity contribution in [2.24, 2.45) is 10.9 Å². The summed E-state index contributed by atoms with van der Waals surface area (Å²) in [6.45, 7) is 3.14. The first-order valence-electron chi connectivity index (χ1n) is 5.00. The topological polar surface area (TPSA) is 87.7 Å². The second kappa shape index (κ2) is 5.29. The number of benzene rings is 1. The molecular weight excluding hydrogens is 225 g/mol. The molecule has 1 aromatic rings. The van der Waals surface area contributed by atoms with Crippen LogP contribution in [0.3, 0.4) is 0 Å². The molecular formula is C11H14FN3O2. The summed E-state index contributed by atoms with van der Waals surface area (Å²) >= 11 is 0. The van der Waals surface area contributed by atoms with Gasteiger partial charge >= 0.3 is 0 Å².